The maximum atomic E-state index is 12.8. The Morgan fingerprint density at radius 1 is 1.07 bits per heavy atom. The molecule has 0 saturated carbocycles. The second kappa shape index (κ2) is 6.54. The van der Waals surface area contributed by atoms with Gasteiger partial charge in [-0.25, -0.2) is 0 Å². The number of amides is 2. The third-order valence-corrected chi connectivity index (χ3v) is 3.54. The fraction of sp³-hybridized carbons (Fsp3) is 0.0625. The Morgan fingerprint density at radius 2 is 1.64 bits per heavy atom. The summed E-state index contributed by atoms with van der Waals surface area (Å²) in [5, 5.41) is 22.5. The number of hydrogen-bond donors (Lipinski definition) is 1. The van der Waals surface area contributed by atoms with E-state index in [0.29, 0.717) is 0 Å². The van der Waals surface area contributed by atoms with Gasteiger partial charge in [-0.05, 0) is 12.1 Å². The van der Waals surface area contributed by atoms with Crippen molar-refractivity contribution in [2.45, 2.75) is 6.36 Å². The van der Waals surface area contributed by atoms with Gasteiger partial charge in [0.25, 0.3) is 11.8 Å². The van der Waals surface area contributed by atoms with E-state index >= 15 is 0 Å². The number of fused-ring (bicyclic) bond motifs is 1. The number of rotatable bonds is 4. The number of ether oxygens (including phenoxy) is 2. The molecule has 0 radical (unpaired) electrons. The summed E-state index contributed by atoms with van der Waals surface area (Å²) < 4.78 is 47.3. The second-order valence-corrected chi connectivity index (χ2v) is 5.25. The summed E-state index contributed by atoms with van der Waals surface area (Å²) in [6.07, 6.45) is -5.39. The van der Waals surface area contributed by atoms with Gasteiger partial charge in [0.2, 0.25) is 5.75 Å². The lowest BCUT2D eigenvalue weighted by molar-refractivity contribution is -0.386. The third-order valence-electron chi connectivity index (χ3n) is 3.54. The number of alkyl halides is 3. The van der Waals surface area contributed by atoms with Crippen LogP contribution in [0.1, 0.15) is 26.3 Å². The van der Waals surface area contributed by atoms with E-state index in [4.69, 9.17) is 4.74 Å². The van der Waals surface area contributed by atoms with Gasteiger partial charge < -0.3 is 9.47 Å². The van der Waals surface area contributed by atoms with Crippen LogP contribution in [0.25, 0.3) is 0 Å². The van der Waals surface area contributed by atoms with E-state index in [9.17, 15) is 38.1 Å². The number of carbonyl (C=O) groups excluding carboxylic acids is 2. The zero-order valence-corrected chi connectivity index (χ0v) is 13.4. The molecule has 0 saturated heterocycles. The van der Waals surface area contributed by atoms with Crippen LogP contribution in [0.5, 0.6) is 17.2 Å². The first kappa shape index (κ1) is 18.6. The van der Waals surface area contributed by atoms with E-state index < -0.39 is 57.0 Å². The van der Waals surface area contributed by atoms with Crippen LogP contribution in [-0.2, 0) is 0 Å². The van der Waals surface area contributed by atoms with Crippen molar-refractivity contribution in [2.75, 3.05) is 0 Å². The summed E-state index contributed by atoms with van der Waals surface area (Å²) in [5.41, 5.74) is -4.26. The molecule has 3 rings (SSSR count). The Balaban J connectivity index is 2.40. The third kappa shape index (κ3) is 3.16. The predicted octanol–water partition coefficient (Wildman–Crippen LogP) is 3.04. The molecule has 28 heavy (non-hydrogen) atoms. The molecule has 0 spiro atoms. The second-order valence-electron chi connectivity index (χ2n) is 5.25. The van der Waals surface area contributed by atoms with Crippen molar-refractivity contribution in [3.05, 3.63) is 57.1 Å². The molecule has 0 aromatic heterocycles. The van der Waals surface area contributed by atoms with Crippen LogP contribution in [0.4, 0.5) is 18.9 Å². The molecule has 9 nitrogen and oxygen atoms in total. The average Bonchev–Trinajstić information content (AvgIpc) is 2.90. The molecule has 1 N–H and O–H groups in total. The van der Waals surface area contributed by atoms with E-state index in [2.05, 4.69) is 4.74 Å². The number of imide groups is 1. The number of nitrogens with one attached hydrogen (secondary N) is 1. The van der Waals surface area contributed by atoms with Gasteiger partial charge in [-0.15, -0.1) is 13.2 Å². The van der Waals surface area contributed by atoms with Gasteiger partial charge in [0.1, 0.15) is 22.9 Å². The number of nitriles is 1. The van der Waals surface area contributed by atoms with Crippen molar-refractivity contribution in [1.29, 1.82) is 5.26 Å². The maximum absolute atomic E-state index is 12.8. The highest BCUT2D eigenvalue weighted by Gasteiger charge is 2.46. The quantitative estimate of drug-likeness (QED) is 0.480. The van der Waals surface area contributed by atoms with Crippen molar-refractivity contribution in [1.82, 2.24) is 5.32 Å². The SMILES string of the molecule is N#Cc1c(OC(F)(F)F)c2c(c(Oc3ccccc3)c1[N+](=O)[O-])C(=O)NC2=O. The Labute approximate surface area is 153 Å². The van der Waals surface area contributed by atoms with Gasteiger partial charge in [0.15, 0.2) is 11.3 Å². The zero-order valence-electron chi connectivity index (χ0n) is 13.4. The van der Waals surface area contributed by atoms with Crippen LogP contribution in [0, 0.1) is 21.4 Å². The molecule has 1 aliphatic rings. The van der Waals surface area contributed by atoms with Gasteiger partial charge in [-0.3, -0.25) is 25.0 Å². The molecule has 0 bridgehead atoms. The summed E-state index contributed by atoms with van der Waals surface area (Å²) in [6.45, 7) is 0. The minimum absolute atomic E-state index is 0.0201. The maximum Gasteiger partial charge on any atom is 0.573 e. The summed E-state index contributed by atoms with van der Waals surface area (Å²) >= 11 is 0. The number of halogens is 3. The molecule has 0 atom stereocenters. The first-order chi connectivity index (χ1) is 13.1. The highest BCUT2D eigenvalue weighted by atomic mass is 19.4. The number of nitrogens with zero attached hydrogens (tertiary/aromatic N) is 2. The molecule has 2 aromatic carbocycles. The van der Waals surface area contributed by atoms with Crippen molar-refractivity contribution >= 4 is 17.5 Å². The first-order valence-electron chi connectivity index (χ1n) is 7.26. The normalized spacial score (nSPS) is 12.8. The van der Waals surface area contributed by atoms with Gasteiger partial charge in [-0.2, -0.15) is 5.26 Å². The highest BCUT2D eigenvalue weighted by molar-refractivity contribution is 6.25. The summed E-state index contributed by atoms with van der Waals surface area (Å²) in [4.78, 5) is 34.5. The smallest absolute Gasteiger partial charge is 0.449 e. The van der Waals surface area contributed by atoms with Crippen LogP contribution >= 0.6 is 0 Å². The fourth-order valence-electron chi connectivity index (χ4n) is 2.55. The molecular formula is C16H6F3N3O6. The molecular weight excluding hydrogens is 387 g/mol. The van der Waals surface area contributed by atoms with Gasteiger partial charge in [0, 0.05) is 0 Å². The molecule has 142 valence electrons. The Morgan fingerprint density at radius 3 is 2.14 bits per heavy atom. The van der Waals surface area contributed by atoms with E-state index in [0.717, 1.165) is 0 Å². The van der Waals surface area contributed by atoms with Crippen molar-refractivity contribution in [2.24, 2.45) is 0 Å². The lowest BCUT2D eigenvalue weighted by Gasteiger charge is -2.16. The van der Waals surface area contributed by atoms with Crippen LogP contribution in [0.2, 0.25) is 0 Å². The summed E-state index contributed by atoms with van der Waals surface area (Å²) in [7, 11) is 0. The Hall–Kier alpha value is -4.14. The van der Waals surface area contributed by atoms with Crippen LogP contribution in [0.15, 0.2) is 30.3 Å². The molecule has 0 aliphatic carbocycles. The minimum Gasteiger partial charge on any atom is -0.449 e. The van der Waals surface area contributed by atoms with E-state index in [1.165, 1.54) is 30.3 Å². The highest BCUT2D eigenvalue weighted by Crippen LogP contribution is 2.48. The van der Waals surface area contributed by atoms with Gasteiger partial charge in [0.05, 0.1) is 4.92 Å². The largest absolute Gasteiger partial charge is 0.573 e. The monoisotopic (exact) mass is 393 g/mol. The molecule has 12 heteroatoms. The van der Waals surface area contributed by atoms with Crippen molar-refractivity contribution in [3.63, 3.8) is 0 Å². The predicted molar refractivity (Wildman–Crippen MR) is 82.8 cm³/mol. The lowest BCUT2D eigenvalue weighted by atomic mass is 10.0. The van der Waals surface area contributed by atoms with E-state index in [1.807, 2.05) is 0 Å². The number of nitro groups is 1. The zero-order chi connectivity index (χ0) is 20.6. The van der Waals surface area contributed by atoms with Crippen molar-refractivity contribution < 1.29 is 37.2 Å². The number of hydrogen-bond acceptors (Lipinski definition) is 7. The molecule has 1 heterocycles. The number of nitro benzene ring substituents is 1. The van der Waals surface area contributed by atoms with Gasteiger partial charge >= 0.3 is 12.0 Å². The Bertz CT molecular complexity index is 1060. The summed E-state index contributed by atoms with van der Waals surface area (Å²) in [6, 6.07) is 8.47. The van der Waals surface area contributed by atoms with Crippen LogP contribution in [0.3, 0.4) is 0 Å². The summed E-state index contributed by atoms with van der Waals surface area (Å²) in [5.74, 6) is -4.86. The number of para-hydroxylation sites is 1. The van der Waals surface area contributed by atoms with Gasteiger partial charge in [-0.1, -0.05) is 18.2 Å². The Kier molecular flexibility index (Phi) is 4.36. The lowest BCUT2D eigenvalue weighted by Crippen LogP contribution is -2.22. The molecule has 0 fully saturated rings. The van der Waals surface area contributed by atoms with Crippen LogP contribution in [-0.4, -0.2) is 23.1 Å². The molecule has 1 aliphatic heterocycles. The number of benzene rings is 2. The molecule has 2 aromatic rings. The topological polar surface area (TPSA) is 132 Å². The fourth-order valence-corrected chi connectivity index (χ4v) is 2.55. The van der Waals surface area contributed by atoms with E-state index in [-0.39, 0.29) is 5.75 Å². The number of carbonyl (C=O) groups is 2. The first-order valence-corrected chi connectivity index (χ1v) is 7.26. The minimum atomic E-state index is -5.39. The van der Waals surface area contributed by atoms with E-state index in [1.54, 1.807) is 11.4 Å². The molecule has 2 amide bonds. The standard InChI is InChI=1S/C16H6F3N3O6/c17-16(18,19)28-12-8(6-20)11(22(25)26)13(27-7-4-2-1-3-5-7)10-9(12)14(23)21-15(10)24/h1-5H,(H,21,23,24). The van der Waals surface area contributed by atoms with Crippen LogP contribution < -0.4 is 14.8 Å². The average molecular weight is 393 g/mol. The van der Waals surface area contributed by atoms with Crippen molar-refractivity contribution in [3.8, 4) is 23.3 Å². The molecule has 0 unspecified atom stereocenters.